The fraction of sp³-hybridized carbons (Fsp3) is 0.133. The second-order valence-electron chi connectivity index (χ2n) is 3.85. The van der Waals surface area contributed by atoms with Crippen LogP contribution in [0.4, 0.5) is 0 Å². The highest BCUT2D eigenvalue weighted by atomic mass is 16.5. The molecular weight excluding hydrogens is 240 g/mol. The van der Waals surface area contributed by atoms with Crippen molar-refractivity contribution >= 4 is 5.97 Å². The first kappa shape index (κ1) is 13.0. The van der Waals surface area contributed by atoms with Gasteiger partial charge in [0.15, 0.2) is 0 Å². The van der Waals surface area contributed by atoms with E-state index >= 15 is 0 Å². The Hall–Kier alpha value is -2.49. The van der Waals surface area contributed by atoms with Crippen LogP contribution in [-0.2, 0) is 16.0 Å². The number of ether oxygens (including phenoxy) is 1. The smallest absolute Gasteiger partial charge is 0.330 e. The second kappa shape index (κ2) is 6.44. The Morgan fingerprint density at radius 2 is 2.05 bits per heavy atom. The van der Waals surface area contributed by atoms with Crippen LogP contribution in [0.25, 0.3) is 11.4 Å². The highest BCUT2D eigenvalue weighted by molar-refractivity contribution is 5.81. The van der Waals surface area contributed by atoms with E-state index in [9.17, 15) is 4.79 Å². The molecule has 2 aromatic heterocycles. The lowest BCUT2D eigenvalue weighted by Crippen LogP contribution is -2.05. The minimum absolute atomic E-state index is 0.295. The predicted octanol–water partition coefficient (Wildman–Crippen LogP) is 2.42. The summed E-state index contributed by atoms with van der Waals surface area (Å²) < 4.78 is 4.93. The molecule has 0 aliphatic rings. The van der Waals surface area contributed by atoms with E-state index in [-0.39, 0.29) is 0 Å². The van der Waals surface area contributed by atoms with Crippen molar-refractivity contribution in [2.75, 3.05) is 6.61 Å². The predicted molar refractivity (Wildman–Crippen MR) is 72.3 cm³/mol. The van der Waals surface area contributed by atoms with Gasteiger partial charge in [0.05, 0.1) is 18.0 Å². The SMILES string of the molecule is C=CC(=O)OCCc1cccc(-c2ccccn2)n1. The fourth-order valence-electron chi connectivity index (χ4n) is 1.59. The lowest BCUT2D eigenvalue weighted by molar-refractivity contribution is -0.137. The Morgan fingerprint density at radius 3 is 2.79 bits per heavy atom. The van der Waals surface area contributed by atoms with E-state index in [2.05, 4.69) is 16.5 Å². The molecule has 0 unspecified atom stereocenters. The lowest BCUT2D eigenvalue weighted by atomic mass is 10.2. The van der Waals surface area contributed by atoms with Gasteiger partial charge in [-0.15, -0.1) is 0 Å². The summed E-state index contributed by atoms with van der Waals surface area (Å²) in [4.78, 5) is 19.7. The quantitative estimate of drug-likeness (QED) is 0.607. The van der Waals surface area contributed by atoms with E-state index in [1.807, 2.05) is 36.4 Å². The van der Waals surface area contributed by atoms with Crippen LogP contribution >= 0.6 is 0 Å². The van der Waals surface area contributed by atoms with Gasteiger partial charge >= 0.3 is 5.97 Å². The maximum Gasteiger partial charge on any atom is 0.330 e. The largest absolute Gasteiger partial charge is 0.462 e. The molecule has 0 radical (unpaired) electrons. The zero-order chi connectivity index (χ0) is 13.5. The van der Waals surface area contributed by atoms with Crippen LogP contribution in [0.15, 0.2) is 55.3 Å². The molecule has 0 saturated heterocycles. The van der Waals surface area contributed by atoms with Crippen LogP contribution in [0.2, 0.25) is 0 Å². The molecule has 0 saturated carbocycles. The summed E-state index contributed by atoms with van der Waals surface area (Å²) in [5.74, 6) is -0.416. The van der Waals surface area contributed by atoms with Crippen LogP contribution < -0.4 is 0 Å². The lowest BCUT2D eigenvalue weighted by Gasteiger charge is -2.04. The molecule has 0 aliphatic carbocycles. The van der Waals surface area contributed by atoms with Gasteiger partial charge in [-0.3, -0.25) is 9.97 Å². The first-order chi connectivity index (χ1) is 9.29. The van der Waals surface area contributed by atoms with Crippen LogP contribution in [0.3, 0.4) is 0 Å². The highest BCUT2D eigenvalue weighted by Crippen LogP contribution is 2.13. The Balaban J connectivity index is 2.03. The van der Waals surface area contributed by atoms with Crippen molar-refractivity contribution in [2.24, 2.45) is 0 Å². The van der Waals surface area contributed by atoms with Crippen molar-refractivity contribution in [1.82, 2.24) is 9.97 Å². The van der Waals surface area contributed by atoms with Gasteiger partial charge in [-0.25, -0.2) is 4.79 Å². The topological polar surface area (TPSA) is 52.1 Å². The molecule has 0 spiro atoms. The number of carbonyl (C=O) groups excluding carboxylic acids is 1. The van der Waals surface area contributed by atoms with Crippen LogP contribution in [0.5, 0.6) is 0 Å². The standard InChI is InChI=1S/C15H14N2O2/c1-2-15(18)19-11-9-12-6-5-8-14(17-12)13-7-3-4-10-16-13/h2-8,10H,1,9,11H2. The van der Waals surface area contributed by atoms with Crippen molar-refractivity contribution in [3.8, 4) is 11.4 Å². The maximum absolute atomic E-state index is 10.9. The van der Waals surface area contributed by atoms with Gasteiger partial charge in [-0.05, 0) is 24.3 Å². The van der Waals surface area contributed by atoms with Crippen molar-refractivity contribution in [2.45, 2.75) is 6.42 Å². The summed E-state index contributed by atoms with van der Waals surface area (Å²) in [6.45, 7) is 3.64. The van der Waals surface area contributed by atoms with E-state index in [0.717, 1.165) is 23.2 Å². The second-order valence-corrected chi connectivity index (χ2v) is 3.85. The van der Waals surface area contributed by atoms with Crippen LogP contribution in [0, 0.1) is 0 Å². The molecule has 0 fully saturated rings. The maximum atomic E-state index is 10.9. The summed E-state index contributed by atoms with van der Waals surface area (Å²) in [5, 5.41) is 0. The number of aromatic nitrogens is 2. The Bertz CT molecular complexity index is 567. The molecule has 0 amide bonds. The molecule has 0 bridgehead atoms. The van der Waals surface area contributed by atoms with Crippen molar-refractivity contribution < 1.29 is 9.53 Å². The number of hydrogen-bond acceptors (Lipinski definition) is 4. The first-order valence-electron chi connectivity index (χ1n) is 5.96. The summed E-state index contributed by atoms with van der Waals surface area (Å²) >= 11 is 0. The third kappa shape index (κ3) is 3.74. The Kier molecular flexibility index (Phi) is 4.39. The molecular formula is C15H14N2O2. The summed E-state index contributed by atoms with van der Waals surface area (Å²) in [6.07, 6.45) is 3.45. The van der Waals surface area contributed by atoms with Crippen molar-refractivity contribution in [1.29, 1.82) is 0 Å². The van der Waals surface area contributed by atoms with Gasteiger partial charge in [0.1, 0.15) is 0 Å². The molecule has 4 nitrogen and oxygen atoms in total. The molecule has 4 heteroatoms. The minimum Gasteiger partial charge on any atom is -0.462 e. The highest BCUT2D eigenvalue weighted by Gasteiger charge is 2.03. The molecule has 0 atom stereocenters. The van der Waals surface area contributed by atoms with E-state index < -0.39 is 5.97 Å². The fourth-order valence-corrected chi connectivity index (χ4v) is 1.59. The van der Waals surface area contributed by atoms with Gasteiger partial charge in [0.25, 0.3) is 0 Å². The molecule has 0 aliphatic heterocycles. The van der Waals surface area contributed by atoms with E-state index in [4.69, 9.17) is 4.74 Å². The molecule has 2 heterocycles. The summed E-state index contributed by atoms with van der Waals surface area (Å²) in [6, 6.07) is 11.4. The van der Waals surface area contributed by atoms with Gasteiger partial charge in [-0.2, -0.15) is 0 Å². The monoisotopic (exact) mass is 254 g/mol. The number of carbonyl (C=O) groups is 1. The number of esters is 1. The molecule has 0 aromatic carbocycles. The van der Waals surface area contributed by atoms with Gasteiger partial charge in [0.2, 0.25) is 0 Å². The Labute approximate surface area is 111 Å². The van der Waals surface area contributed by atoms with Crippen LogP contribution in [0.1, 0.15) is 5.69 Å². The third-order valence-electron chi connectivity index (χ3n) is 2.50. The van der Waals surface area contributed by atoms with Crippen molar-refractivity contribution in [3.05, 3.63) is 60.9 Å². The number of rotatable bonds is 5. The van der Waals surface area contributed by atoms with Gasteiger partial charge in [-0.1, -0.05) is 18.7 Å². The number of nitrogens with zero attached hydrogens (tertiary/aromatic N) is 2. The first-order valence-corrected chi connectivity index (χ1v) is 5.96. The van der Waals surface area contributed by atoms with Gasteiger partial charge < -0.3 is 4.74 Å². The average Bonchev–Trinajstić information content (AvgIpc) is 2.48. The van der Waals surface area contributed by atoms with E-state index in [0.29, 0.717) is 13.0 Å². The normalized spacial score (nSPS) is 9.89. The number of hydrogen-bond donors (Lipinski definition) is 0. The van der Waals surface area contributed by atoms with E-state index in [1.165, 1.54) is 0 Å². The zero-order valence-corrected chi connectivity index (χ0v) is 10.5. The summed E-state index contributed by atoms with van der Waals surface area (Å²) in [5.41, 5.74) is 2.50. The van der Waals surface area contributed by atoms with E-state index in [1.54, 1.807) is 6.20 Å². The minimum atomic E-state index is -0.416. The Morgan fingerprint density at radius 1 is 1.21 bits per heavy atom. The molecule has 2 rings (SSSR count). The van der Waals surface area contributed by atoms with Crippen molar-refractivity contribution in [3.63, 3.8) is 0 Å². The molecule has 19 heavy (non-hydrogen) atoms. The van der Waals surface area contributed by atoms with Gasteiger partial charge in [0, 0.05) is 24.4 Å². The molecule has 0 N–H and O–H groups in total. The zero-order valence-electron chi connectivity index (χ0n) is 10.5. The summed E-state index contributed by atoms with van der Waals surface area (Å²) in [7, 11) is 0. The molecule has 2 aromatic rings. The van der Waals surface area contributed by atoms with Crippen LogP contribution in [-0.4, -0.2) is 22.5 Å². The average molecular weight is 254 g/mol. The molecule has 96 valence electrons. The number of pyridine rings is 2. The third-order valence-corrected chi connectivity index (χ3v) is 2.50.